The van der Waals surface area contributed by atoms with Crippen LogP contribution in [0.1, 0.15) is 6.42 Å². The van der Waals surface area contributed by atoms with Crippen molar-refractivity contribution < 1.29 is 4.79 Å². The molecule has 0 spiro atoms. The Kier molecular flexibility index (Phi) is 2.59. The van der Waals surface area contributed by atoms with Gasteiger partial charge in [0.2, 0.25) is 11.9 Å². The van der Waals surface area contributed by atoms with Crippen molar-refractivity contribution >= 4 is 23.5 Å². The zero-order valence-electron chi connectivity index (χ0n) is 7.71. The van der Waals surface area contributed by atoms with Crippen LogP contribution < -0.4 is 16.2 Å². The number of nitrogens with one attached hydrogen (secondary N) is 3. The van der Waals surface area contributed by atoms with Crippen molar-refractivity contribution in [3.05, 3.63) is 21.6 Å². The zero-order chi connectivity index (χ0) is 10.8. The molecule has 3 N–H and O–H groups in total. The van der Waals surface area contributed by atoms with Crippen molar-refractivity contribution in [3.8, 4) is 0 Å². The second kappa shape index (κ2) is 3.90. The summed E-state index contributed by atoms with van der Waals surface area (Å²) in [7, 11) is 0. The van der Waals surface area contributed by atoms with Crippen LogP contribution in [0.3, 0.4) is 0 Å². The average Bonchev–Trinajstić information content (AvgIpc) is 2.59. The van der Waals surface area contributed by atoms with Crippen LogP contribution in [0.4, 0.5) is 5.95 Å². The highest BCUT2D eigenvalue weighted by Gasteiger charge is 2.24. The fourth-order valence-electron chi connectivity index (χ4n) is 1.35. The Morgan fingerprint density at radius 3 is 2.93 bits per heavy atom. The van der Waals surface area contributed by atoms with E-state index in [4.69, 9.17) is 11.6 Å². The lowest BCUT2D eigenvalue weighted by Gasteiger charge is -2.09. The molecular formula is C8H9ClN4O2. The molecule has 2 heterocycles. The van der Waals surface area contributed by atoms with Crippen molar-refractivity contribution in [1.82, 2.24) is 15.3 Å². The van der Waals surface area contributed by atoms with Gasteiger partial charge in [0, 0.05) is 6.54 Å². The van der Waals surface area contributed by atoms with Gasteiger partial charge in [-0.1, -0.05) is 11.6 Å². The van der Waals surface area contributed by atoms with Crippen molar-refractivity contribution in [3.63, 3.8) is 0 Å². The van der Waals surface area contributed by atoms with E-state index in [2.05, 4.69) is 20.6 Å². The number of anilines is 1. The van der Waals surface area contributed by atoms with E-state index >= 15 is 0 Å². The molecule has 0 unspecified atom stereocenters. The van der Waals surface area contributed by atoms with E-state index in [0.29, 0.717) is 13.0 Å². The number of aromatic amines is 1. The first-order valence-corrected chi connectivity index (χ1v) is 4.83. The summed E-state index contributed by atoms with van der Waals surface area (Å²) < 4.78 is 0. The Hall–Kier alpha value is -1.56. The highest BCUT2D eigenvalue weighted by Crippen LogP contribution is 2.07. The molecule has 15 heavy (non-hydrogen) atoms. The van der Waals surface area contributed by atoms with Crippen molar-refractivity contribution in [2.45, 2.75) is 12.5 Å². The average molecular weight is 229 g/mol. The van der Waals surface area contributed by atoms with Gasteiger partial charge in [0.25, 0.3) is 5.56 Å². The maximum Gasteiger partial charge on any atom is 0.271 e. The molecule has 0 aliphatic carbocycles. The van der Waals surface area contributed by atoms with E-state index in [1.807, 2.05) is 0 Å². The number of aromatic nitrogens is 2. The van der Waals surface area contributed by atoms with E-state index in [0.717, 1.165) is 0 Å². The molecule has 6 nitrogen and oxygen atoms in total. The van der Waals surface area contributed by atoms with E-state index in [-0.39, 0.29) is 22.9 Å². The fourth-order valence-corrected chi connectivity index (χ4v) is 1.45. The second-order valence-electron chi connectivity index (χ2n) is 3.19. The lowest BCUT2D eigenvalue weighted by molar-refractivity contribution is -0.119. The van der Waals surface area contributed by atoms with Crippen LogP contribution in [0.2, 0.25) is 5.02 Å². The van der Waals surface area contributed by atoms with Gasteiger partial charge in [-0.3, -0.25) is 14.6 Å². The summed E-state index contributed by atoms with van der Waals surface area (Å²) in [6, 6.07) is -0.339. The van der Waals surface area contributed by atoms with Gasteiger partial charge in [-0.05, 0) is 6.42 Å². The van der Waals surface area contributed by atoms with Crippen LogP contribution in [-0.2, 0) is 4.79 Å². The maximum atomic E-state index is 11.2. The molecule has 1 amide bonds. The summed E-state index contributed by atoms with van der Waals surface area (Å²) in [6.45, 7) is 0.633. The lowest BCUT2D eigenvalue weighted by atomic mass is 10.2. The summed E-state index contributed by atoms with van der Waals surface area (Å²) in [5, 5.41) is 5.51. The molecule has 7 heteroatoms. The molecule has 1 aliphatic heterocycles. The zero-order valence-corrected chi connectivity index (χ0v) is 8.47. The predicted octanol–water partition coefficient (Wildman–Crippen LogP) is -0.276. The number of carbonyl (C=O) groups excluding carboxylic acids is 1. The molecular weight excluding hydrogens is 220 g/mol. The van der Waals surface area contributed by atoms with Crippen LogP contribution in [0.25, 0.3) is 0 Å². The smallest absolute Gasteiger partial charge is 0.271 e. The van der Waals surface area contributed by atoms with Crippen molar-refractivity contribution in [2.75, 3.05) is 11.9 Å². The van der Waals surface area contributed by atoms with Crippen molar-refractivity contribution in [1.29, 1.82) is 0 Å². The van der Waals surface area contributed by atoms with Crippen molar-refractivity contribution in [2.24, 2.45) is 0 Å². The molecule has 0 bridgehead atoms. The molecule has 1 saturated heterocycles. The van der Waals surface area contributed by atoms with Crippen LogP contribution in [0.5, 0.6) is 0 Å². The molecule has 2 rings (SSSR count). The molecule has 0 aromatic carbocycles. The monoisotopic (exact) mass is 228 g/mol. The third-order valence-corrected chi connectivity index (χ3v) is 2.38. The Morgan fingerprint density at radius 2 is 2.33 bits per heavy atom. The number of hydrogen-bond acceptors (Lipinski definition) is 4. The van der Waals surface area contributed by atoms with Gasteiger partial charge in [0.15, 0.2) is 0 Å². The normalized spacial score (nSPS) is 20.1. The van der Waals surface area contributed by atoms with E-state index in [1.54, 1.807) is 0 Å². The minimum atomic E-state index is -0.424. The lowest BCUT2D eigenvalue weighted by Crippen LogP contribution is -2.31. The molecule has 0 saturated carbocycles. The standard InChI is InChI=1S/C8H9ClN4O2/c9-4-3-11-8(13-6(4)14)12-5-1-2-10-7(5)15/h3,5H,1-2H2,(H,10,15)(H2,11,12,13,14)/t5-/m0/s1. The predicted molar refractivity (Wildman–Crippen MR) is 54.9 cm³/mol. The van der Waals surface area contributed by atoms with E-state index in [1.165, 1.54) is 6.20 Å². The Bertz CT molecular complexity index is 445. The maximum absolute atomic E-state index is 11.2. The quantitative estimate of drug-likeness (QED) is 0.650. The molecule has 1 aliphatic rings. The third-order valence-electron chi connectivity index (χ3n) is 2.12. The third kappa shape index (κ3) is 2.10. The van der Waals surface area contributed by atoms with Crippen LogP contribution in [-0.4, -0.2) is 28.5 Å². The summed E-state index contributed by atoms with van der Waals surface area (Å²) in [4.78, 5) is 28.6. The summed E-state index contributed by atoms with van der Waals surface area (Å²) in [5.41, 5.74) is -0.424. The van der Waals surface area contributed by atoms with Crippen LogP contribution >= 0.6 is 11.6 Å². The molecule has 80 valence electrons. The number of rotatable bonds is 2. The highest BCUT2D eigenvalue weighted by atomic mass is 35.5. The molecule has 1 aromatic rings. The minimum Gasteiger partial charge on any atom is -0.354 e. The molecule has 0 radical (unpaired) electrons. The minimum absolute atomic E-state index is 0.0245. The number of halogens is 1. The Labute approximate surface area is 90.1 Å². The highest BCUT2D eigenvalue weighted by molar-refractivity contribution is 6.30. The summed E-state index contributed by atoms with van der Waals surface area (Å²) in [5.74, 6) is 0.166. The fraction of sp³-hybridized carbons (Fsp3) is 0.375. The molecule has 1 aromatic heterocycles. The molecule has 1 fully saturated rings. The van der Waals surface area contributed by atoms with Gasteiger partial charge < -0.3 is 10.6 Å². The SMILES string of the molecule is O=C1NCC[C@@H]1Nc1ncc(Cl)c(=O)[nH]1. The largest absolute Gasteiger partial charge is 0.354 e. The number of amides is 1. The Balaban J connectivity index is 2.14. The Morgan fingerprint density at radius 1 is 1.53 bits per heavy atom. The summed E-state index contributed by atoms with van der Waals surface area (Å²) >= 11 is 5.51. The van der Waals surface area contributed by atoms with Gasteiger partial charge in [-0.2, -0.15) is 0 Å². The second-order valence-corrected chi connectivity index (χ2v) is 3.59. The van der Waals surface area contributed by atoms with Gasteiger partial charge >= 0.3 is 0 Å². The van der Waals surface area contributed by atoms with Gasteiger partial charge in [-0.25, -0.2) is 4.98 Å². The number of carbonyl (C=O) groups is 1. The summed E-state index contributed by atoms with van der Waals surface area (Å²) in [6.07, 6.45) is 1.92. The van der Waals surface area contributed by atoms with E-state index in [9.17, 15) is 9.59 Å². The first kappa shape index (κ1) is 9.97. The number of hydrogen-bond donors (Lipinski definition) is 3. The van der Waals surface area contributed by atoms with E-state index < -0.39 is 5.56 Å². The van der Waals surface area contributed by atoms with Crippen LogP contribution in [0, 0.1) is 0 Å². The van der Waals surface area contributed by atoms with Gasteiger partial charge in [0.05, 0.1) is 6.20 Å². The first-order chi connectivity index (χ1) is 7.16. The van der Waals surface area contributed by atoms with Crippen LogP contribution in [0.15, 0.2) is 11.0 Å². The molecule has 1 atom stereocenters. The number of H-pyrrole nitrogens is 1. The first-order valence-electron chi connectivity index (χ1n) is 4.46. The van der Waals surface area contributed by atoms with Gasteiger partial charge in [-0.15, -0.1) is 0 Å². The topological polar surface area (TPSA) is 86.9 Å². The number of nitrogens with zero attached hydrogens (tertiary/aromatic N) is 1. The van der Waals surface area contributed by atoms with Gasteiger partial charge in [0.1, 0.15) is 11.1 Å².